The predicted molar refractivity (Wildman–Crippen MR) is 80.8 cm³/mol. The maximum atomic E-state index is 11.3. The van der Waals surface area contributed by atoms with E-state index in [1.807, 2.05) is 29.2 Å². The molecule has 5 nitrogen and oxygen atoms in total. The number of para-hydroxylation sites is 1. The fourth-order valence-corrected chi connectivity index (χ4v) is 2.30. The Morgan fingerprint density at radius 2 is 2.05 bits per heavy atom. The van der Waals surface area contributed by atoms with E-state index in [1.54, 1.807) is 0 Å². The summed E-state index contributed by atoms with van der Waals surface area (Å²) in [5.41, 5.74) is 6.08. The molecule has 2 rings (SSSR count). The van der Waals surface area contributed by atoms with E-state index in [9.17, 15) is 4.79 Å². The van der Waals surface area contributed by atoms with Crippen molar-refractivity contribution in [2.75, 3.05) is 18.0 Å². The van der Waals surface area contributed by atoms with Crippen molar-refractivity contribution in [1.82, 2.24) is 9.97 Å². The number of nitrogens with zero attached hydrogens (tertiary/aromatic N) is 3. The van der Waals surface area contributed by atoms with Crippen molar-refractivity contribution in [3.63, 3.8) is 0 Å². The Labute approximate surface area is 122 Å². The number of anilines is 1. The summed E-state index contributed by atoms with van der Waals surface area (Å²) in [5.74, 6) is 0.611. The maximum absolute atomic E-state index is 11.3. The first-order chi connectivity index (χ1) is 9.47. The van der Waals surface area contributed by atoms with Gasteiger partial charge < -0.3 is 10.6 Å². The van der Waals surface area contributed by atoms with Crippen molar-refractivity contribution in [2.45, 2.75) is 13.8 Å². The third kappa shape index (κ3) is 3.36. The SMILES string of the molecule is CC(C)CN(CC(N)=O)c1nc(Cl)nc2ccccc12. The van der Waals surface area contributed by atoms with Crippen LogP contribution in [0.15, 0.2) is 24.3 Å². The van der Waals surface area contributed by atoms with Gasteiger partial charge in [-0.1, -0.05) is 26.0 Å². The molecule has 1 heterocycles. The Morgan fingerprint density at radius 3 is 2.70 bits per heavy atom. The van der Waals surface area contributed by atoms with Crippen molar-refractivity contribution in [2.24, 2.45) is 11.7 Å². The number of hydrogen-bond acceptors (Lipinski definition) is 4. The van der Waals surface area contributed by atoms with Crippen LogP contribution in [0.2, 0.25) is 5.28 Å². The number of hydrogen-bond donors (Lipinski definition) is 1. The highest BCUT2D eigenvalue weighted by Gasteiger charge is 2.17. The third-order valence-electron chi connectivity index (χ3n) is 2.79. The van der Waals surface area contributed by atoms with Crippen molar-refractivity contribution in [3.05, 3.63) is 29.5 Å². The molecule has 2 N–H and O–H groups in total. The second-order valence-corrected chi connectivity index (χ2v) is 5.41. The van der Waals surface area contributed by atoms with Crippen LogP contribution in [0.25, 0.3) is 10.9 Å². The summed E-state index contributed by atoms with van der Waals surface area (Å²) in [6, 6.07) is 7.57. The summed E-state index contributed by atoms with van der Waals surface area (Å²) in [4.78, 5) is 21.6. The number of halogens is 1. The van der Waals surface area contributed by atoms with Crippen LogP contribution < -0.4 is 10.6 Å². The zero-order valence-corrected chi connectivity index (χ0v) is 12.3. The van der Waals surface area contributed by atoms with E-state index in [0.717, 1.165) is 10.9 Å². The van der Waals surface area contributed by atoms with Gasteiger partial charge in [0.25, 0.3) is 0 Å². The van der Waals surface area contributed by atoms with Crippen molar-refractivity contribution in [1.29, 1.82) is 0 Å². The molecule has 0 atom stereocenters. The van der Waals surface area contributed by atoms with Crippen LogP contribution >= 0.6 is 11.6 Å². The number of carbonyl (C=O) groups is 1. The van der Waals surface area contributed by atoms with E-state index in [4.69, 9.17) is 17.3 Å². The van der Waals surface area contributed by atoms with Crippen molar-refractivity contribution in [3.8, 4) is 0 Å². The molecule has 1 aromatic heterocycles. The molecule has 0 saturated carbocycles. The van der Waals surface area contributed by atoms with Crippen LogP contribution in [0.5, 0.6) is 0 Å². The Kier molecular flexibility index (Phi) is 4.39. The molecule has 0 saturated heterocycles. The highest BCUT2D eigenvalue weighted by molar-refractivity contribution is 6.28. The smallest absolute Gasteiger partial charge is 0.236 e. The van der Waals surface area contributed by atoms with Crippen LogP contribution in [0.3, 0.4) is 0 Å². The molecule has 6 heteroatoms. The van der Waals surface area contributed by atoms with Crippen molar-refractivity contribution >= 4 is 34.2 Å². The fraction of sp³-hybridized carbons (Fsp3) is 0.357. The average molecular weight is 293 g/mol. The highest BCUT2D eigenvalue weighted by Crippen LogP contribution is 2.25. The molecule has 0 radical (unpaired) electrons. The number of carbonyl (C=O) groups excluding carboxylic acids is 1. The van der Waals surface area contributed by atoms with Gasteiger partial charge >= 0.3 is 0 Å². The summed E-state index contributed by atoms with van der Waals surface area (Å²) in [5, 5.41) is 1.02. The zero-order chi connectivity index (χ0) is 14.7. The van der Waals surface area contributed by atoms with Gasteiger partial charge in [0.1, 0.15) is 5.82 Å². The first kappa shape index (κ1) is 14.5. The first-order valence-corrected chi connectivity index (χ1v) is 6.80. The number of aromatic nitrogens is 2. The number of nitrogens with two attached hydrogens (primary N) is 1. The van der Waals surface area contributed by atoms with Crippen LogP contribution in [0, 0.1) is 5.92 Å². The molecule has 0 aliphatic heterocycles. The first-order valence-electron chi connectivity index (χ1n) is 6.43. The molecular weight excluding hydrogens is 276 g/mol. The predicted octanol–water partition coefficient (Wildman–Crippen LogP) is 2.23. The van der Waals surface area contributed by atoms with Gasteiger partial charge in [0.05, 0.1) is 12.1 Å². The van der Waals surface area contributed by atoms with Gasteiger partial charge in [-0.15, -0.1) is 0 Å². The summed E-state index contributed by atoms with van der Waals surface area (Å²) >= 11 is 5.98. The molecule has 0 aliphatic rings. The van der Waals surface area contributed by atoms with E-state index >= 15 is 0 Å². The molecule has 20 heavy (non-hydrogen) atoms. The Balaban J connectivity index is 2.53. The van der Waals surface area contributed by atoms with Gasteiger partial charge in [-0.25, -0.2) is 4.98 Å². The zero-order valence-electron chi connectivity index (χ0n) is 11.5. The minimum Gasteiger partial charge on any atom is -0.368 e. The topological polar surface area (TPSA) is 72.1 Å². The quantitative estimate of drug-likeness (QED) is 0.858. The molecule has 1 amide bonds. The van der Waals surface area contributed by atoms with E-state index in [0.29, 0.717) is 18.3 Å². The monoisotopic (exact) mass is 292 g/mol. The number of primary amides is 1. The second-order valence-electron chi connectivity index (χ2n) is 5.07. The fourth-order valence-electron chi connectivity index (χ4n) is 2.13. The number of benzene rings is 1. The number of rotatable bonds is 5. The van der Waals surface area contributed by atoms with Gasteiger partial charge in [0, 0.05) is 11.9 Å². The highest BCUT2D eigenvalue weighted by atomic mass is 35.5. The van der Waals surface area contributed by atoms with Crippen LogP contribution in [0.1, 0.15) is 13.8 Å². The molecule has 0 bridgehead atoms. The number of amides is 1. The van der Waals surface area contributed by atoms with Crippen LogP contribution in [0.4, 0.5) is 5.82 Å². The average Bonchev–Trinajstić information content (AvgIpc) is 2.35. The lowest BCUT2D eigenvalue weighted by Crippen LogP contribution is -2.37. The molecule has 0 unspecified atom stereocenters. The van der Waals surface area contributed by atoms with Gasteiger partial charge in [-0.3, -0.25) is 4.79 Å². The molecular formula is C14H17ClN4O. The lowest BCUT2D eigenvalue weighted by atomic mass is 10.1. The standard InChI is InChI=1S/C14H17ClN4O/c1-9(2)7-19(8-12(16)20)13-10-5-3-4-6-11(10)17-14(15)18-13/h3-6,9H,7-8H2,1-2H3,(H2,16,20). The number of fused-ring (bicyclic) bond motifs is 1. The minimum absolute atomic E-state index is 0.107. The Hall–Kier alpha value is -1.88. The summed E-state index contributed by atoms with van der Waals surface area (Å²) in [6.07, 6.45) is 0. The molecule has 0 fully saturated rings. The van der Waals surface area contributed by atoms with E-state index < -0.39 is 5.91 Å². The van der Waals surface area contributed by atoms with Gasteiger partial charge in [-0.05, 0) is 29.7 Å². The normalized spacial score (nSPS) is 11.0. The van der Waals surface area contributed by atoms with E-state index in [-0.39, 0.29) is 11.8 Å². The molecule has 106 valence electrons. The second kappa shape index (κ2) is 6.05. The molecule has 0 spiro atoms. The lowest BCUT2D eigenvalue weighted by molar-refractivity contribution is -0.116. The van der Waals surface area contributed by atoms with E-state index in [2.05, 4.69) is 23.8 Å². The molecule has 2 aromatic rings. The Bertz CT molecular complexity index is 630. The maximum Gasteiger partial charge on any atom is 0.236 e. The van der Waals surface area contributed by atoms with Gasteiger partial charge in [0.15, 0.2) is 0 Å². The van der Waals surface area contributed by atoms with Crippen LogP contribution in [-0.2, 0) is 4.79 Å². The molecule has 1 aromatic carbocycles. The van der Waals surface area contributed by atoms with Crippen molar-refractivity contribution < 1.29 is 4.79 Å². The third-order valence-corrected chi connectivity index (χ3v) is 2.96. The largest absolute Gasteiger partial charge is 0.368 e. The van der Waals surface area contributed by atoms with Crippen LogP contribution in [-0.4, -0.2) is 29.0 Å². The summed E-state index contributed by atoms with van der Waals surface area (Å²) in [7, 11) is 0. The van der Waals surface area contributed by atoms with E-state index in [1.165, 1.54) is 0 Å². The minimum atomic E-state index is -0.399. The van der Waals surface area contributed by atoms with Gasteiger partial charge in [-0.2, -0.15) is 4.98 Å². The summed E-state index contributed by atoms with van der Waals surface area (Å²) in [6.45, 7) is 4.91. The summed E-state index contributed by atoms with van der Waals surface area (Å²) < 4.78 is 0. The lowest BCUT2D eigenvalue weighted by Gasteiger charge is -2.25. The Morgan fingerprint density at radius 1 is 1.35 bits per heavy atom. The molecule has 0 aliphatic carbocycles. The van der Waals surface area contributed by atoms with Gasteiger partial charge in [0.2, 0.25) is 11.2 Å².